The summed E-state index contributed by atoms with van der Waals surface area (Å²) in [4.78, 5) is 4.56. The number of nitrogens with zero attached hydrogens (tertiary/aromatic N) is 1. The predicted molar refractivity (Wildman–Crippen MR) is 66.8 cm³/mol. The number of hydrogen-bond donors (Lipinski definition) is 1. The molecule has 2 rings (SSSR count). The van der Waals surface area contributed by atoms with Gasteiger partial charge in [0.25, 0.3) is 0 Å². The van der Waals surface area contributed by atoms with Crippen molar-refractivity contribution in [2.45, 2.75) is 45.2 Å². The van der Waals surface area contributed by atoms with Crippen LogP contribution in [0.1, 0.15) is 37.4 Å². The lowest BCUT2D eigenvalue weighted by Gasteiger charge is -2.34. The molecular weight excluding hydrogens is 220 g/mol. The Morgan fingerprint density at radius 2 is 2.50 bits per heavy atom. The molecule has 0 radical (unpaired) electrons. The second-order valence-electron chi connectivity index (χ2n) is 4.66. The van der Waals surface area contributed by atoms with Gasteiger partial charge in [0.1, 0.15) is 0 Å². The monoisotopic (exact) mass is 240 g/mol. The minimum absolute atomic E-state index is 0.133. The lowest BCUT2D eigenvalue weighted by atomic mass is 9.95. The summed E-state index contributed by atoms with van der Waals surface area (Å²) in [5, 5.41) is 6.95. The summed E-state index contributed by atoms with van der Waals surface area (Å²) in [6.45, 7) is 6.97. The average Bonchev–Trinajstić information content (AvgIpc) is 2.75. The molecule has 1 aliphatic rings. The van der Waals surface area contributed by atoms with Gasteiger partial charge in [0.2, 0.25) is 0 Å². The van der Waals surface area contributed by atoms with Crippen LogP contribution in [0.5, 0.6) is 0 Å². The first kappa shape index (κ1) is 12.0. The van der Waals surface area contributed by atoms with Crippen molar-refractivity contribution < 1.29 is 4.74 Å². The molecule has 1 N–H and O–H groups in total. The van der Waals surface area contributed by atoms with Crippen LogP contribution in [0.2, 0.25) is 0 Å². The van der Waals surface area contributed by atoms with Gasteiger partial charge in [-0.05, 0) is 26.2 Å². The van der Waals surface area contributed by atoms with Gasteiger partial charge in [-0.15, -0.1) is 11.3 Å². The third kappa shape index (κ3) is 3.03. The largest absolute Gasteiger partial charge is 0.380 e. The Morgan fingerprint density at radius 1 is 1.62 bits per heavy atom. The van der Waals surface area contributed by atoms with Gasteiger partial charge >= 0.3 is 0 Å². The fourth-order valence-electron chi connectivity index (χ4n) is 1.97. The molecule has 1 unspecified atom stereocenters. The molecule has 1 fully saturated rings. The quantitative estimate of drug-likeness (QED) is 0.877. The maximum atomic E-state index is 5.52. The van der Waals surface area contributed by atoms with Gasteiger partial charge in [-0.25, -0.2) is 4.98 Å². The smallest absolute Gasteiger partial charge is 0.0926 e. The molecule has 0 bridgehead atoms. The van der Waals surface area contributed by atoms with E-state index in [1.807, 2.05) is 0 Å². The molecule has 1 aromatic heterocycles. The van der Waals surface area contributed by atoms with E-state index in [4.69, 9.17) is 4.74 Å². The lowest BCUT2D eigenvalue weighted by Crippen LogP contribution is -2.48. The fraction of sp³-hybridized carbons (Fsp3) is 0.750. The second-order valence-corrected chi connectivity index (χ2v) is 5.60. The Labute approximate surface area is 101 Å². The van der Waals surface area contributed by atoms with Crippen molar-refractivity contribution in [3.05, 3.63) is 16.1 Å². The topological polar surface area (TPSA) is 34.2 Å². The number of hydrogen-bond acceptors (Lipinski definition) is 4. The van der Waals surface area contributed by atoms with E-state index >= 15 is 0 Å². The van der Waals surface area contributed by atoms with Gasteiger partial charge < -0.3 is 10.1 Å². The number of nitrogens with one attached hydrogen (secondary N) is 1. The van der Waals surface area contributed by atoms with Gasteiger partial charge in [-0.3, -0.25) is 0 Å². The van der Waals surface area contributed by atoms with E-state index in [0.717, 1.165) is 38.3 Å². The maximum Gasteiger partial charge on any atom is 0.0926 e. The molecule has 0 saturated carbocycles. The zero-order chi connectivity index (χ0) is 11.4. The predicted octanol–water partition coefficient (Wildman–Crippen LogP) is 2.36. The van der Waals surface area contributed by atoms with Crippen molar-refractivity contribution in [2.24, 2.45) is 0 Å². The molecule has 0 spiro atoms. The average molecular weight is 240 g/mol. The summed E-state index contributed by atoms with van der Waals surface area (Å²) in [7, 11) is 0. The second kappa shape index (κ2) is 5.25. The molecular formula is C12H20N2OS. The van der Waals surface area contributed by atoms with Crippen molar-refractivity contribution in [3.8, 4) is 0 Å². The minimum atomic E-state index is 0.133. The molecule has 0 aromatic carbocycles. The van der Waals surface area contributed by atoms with Crippen LogP contribution >= 0.6 is 11.3 Å². The van der Waals surface area contributed by atoms with Crippen LogP contribution in [-0.4, -0.2) is 23.7 Å². The standard InChI is InChI=1S/C12H20N2OS/c1-3-11-14-10(8-16-11)7-13-12(2)5-4-6-15-9-12/h8,13H,3-7,9H2,1-2H3. The van der Waals surface area contributed by atoms with Crippen molar-refractivity contribution >= 4 is 11.3 Å². The normalized spacial score (nSPS) is 25.9. The third-order valence-electron chi connectivity index (χ3n) is 3.04. The van der Waals surface area contributed by atoms with E-state index in [-0.39, 0.29) is 5.54 Å². The van der Waals surface area contributed by atoms with Gasteiger partial charge in [0, 0.05) is 24.1 Å². The molecule has 4 heteroatoms. The first-order valence-corrected chi connectivity index (χ1v) is 6.86. The molecule has 1 aromatic rings. The molecule has 2 heterocycles. The maximum absolute atomic E-state index is 5.52. The van der Waals surface area contributed by atoms with Gasteiger partial charge in [0.15, 0.2) is 0 Å². The summed E-state index contributed by atoms with van der Waals surface area (Å²) in [5.74, 6) is 0. The van der Waals surface area contributed by atoms with Crippen LogP contribution in [-0.2, 0) is 17.7 Å². The van der Waals surface area contributed by atoms with Crippen LogP contribution in [0.4, 0.5) is 0 Å². The van der Waals surface area contributed by atoms with E-state index in [1.54, 1.807) is 11.3 Å². The Morgan fingerprint density at radius 3 is 3.12 bits per heavy atom. The van der Waals surface area contributed by atoms with E-state index in [9.17, 15) is 0 Å². The highest BCUT2D eigenvalue weighted by Gasteiger charge is 2.26. The molecule has 0 aliphatic carbocycles. The molecule has 3 nitrogen and oxygen atoms in total. The Kier molecular flexibility index (Phi) is 3.95. The van der Waals surface area contributed by atoms with Crippen LogP contribution in [0.3, 0.4) is 0 Å². The SMILES string of the molecule is CCc1nc(CNC2(C)CCCOC2)cs1. The summed E-state index contributed by atoms with van der Waals surface area (Å²) in [5.41, 5.74) is 1.29. The van der Waals surface area contributed by atoms with Crippen molar-refractivity contribution in [2.75, 3.05) is 13.2 Å². The van der Waals surface area contributed by atoms with Crippen LogP contribution in [0.15, 0.2) is 5.38 Å². The molecule has 0 amide bonds. The Balaban J connectivity index is 1.86. The zero-order valence-corrected chi connectivity index (χ0v) is 10.9. The van der Waals surface area contributed by atoms with Crippen molar-refractivity contribution in [1.29, 1.82) is 0 Å². The van der Waals surface area contributed by atoms with Crippen LogP contribution in [0.25, 0.3) is 0 Å². The molecule has 1 saturated heterocycles. The van der Waals surface area contributed by atoms with Crippen LogP contribution in [0, 0.1) is 0 Å². The first-order valence-electron chi connectivity index (χ1n) is 5.98. The van der Waals surface area contributed by atoms with Crippen LogP contribution < -0.4 is 5.32 Å². The summed E-state index contributed by atoms with van der Waals surface area (Å²) in [6.07, 6.45) is 3.38. The summed E-state index contributed by atoms with van der Waals surface area (Å²) in [6, 6.07) is 0. The lowest BCUT2D eigenvalue weighted by molar-refractivity contribution is 0.0276. The summed E-state index contributed by atoms with van der Waals surface area (Å²) < 4.78 is 5.52. The van der Waals surface area contributed by atoms with Crippen molar-refractivity contribution in [3.63, 3.8) is 0 Å². The highest BCUT2D eigenvalue weighted by molar-refractivity contribution is 7.09. The molecule has 16 heavy (non-hydrogen) atoms. The molecule has 90 valence electrons. The molecule has 1 atom stereocenters. The fourth-order valence-corrected chi connectivity index (χ4v) is 2.71. The highest BCUT2D eigenvalue weighted by atomic mass is 32.1. The number of rotatable bonds is 4. The van der Waals surface area contributed by atoms with Crippen molar-refractivity contribution in [1.82, 2.24) is 10.3 Å². The van der Waals surface area contributed by atoms with E-state index in [0.29, 0.717) is 0 Å². The van der Waals surface area contributed by atoms with E-state index < -0.39 is 0 Å². The number of ether oxygens (including phenoxy) is 1. The zero-order valence-electron chi connectivity index (χ0n) is 10.1. The van der Waals surface area contributed by atoms with Gasteiger partial charge in [-0.2, -0.15) is 0 Å². The number of aryl methyl sites for hydroxylation is 1. The third-order valence-corrected chi connectivity index (χ3v) is 4.08. The number of thiazole rings is 1. The molecule has 1 aliphatic heterocycles. The summed E-state index contributed by atoms with van der Waals surface area (Å²) >= 11 is 1.75. The number of aromatic nitrogens is 1. The Bertz CT molecular complexity index is 332. The minimum Gasteiger partial charge on any atom is -0.380 e. The van der Waals surface area contributed by atoms with E-state index in [2.05, 4.69) is 29.5 Å². The van der Waals surface area contributed by atoms with E-state index in [1.165, 1.54) is 11.4 Å². The first-order chi connectivity index (χ1) is 7.72. The van der Waals surface area contributed by atoms with Gasteiger partial charge in [0.05, 0.1) is 17.3 Å². The highest BCUT2D eigenvalue weighted by Crippen LogP contribution is 2.19. The van der Waals surface area contributed by atoms with Gasteiger partial charge in [-0.1, -0.05) is 6.92 Å². The Hall–Kier alpha value is -0.450.